The number of nitrogens with two attached hydrogens (primary N) is 2. The molecule has 9 heteroatoms. The molecule has 1 heterocycles. The van der Waals surface area contributed by atoms with E-state index in [1.165, 1.54) is 0 Å². The Bertz CT molecular complexity index is 312. The van der Waals surface area contributed by atoms with Gasteiger partial charge in [0.2, 0.25) is 18.7 Å². The van der Waals surface area contributed by atoms with E-state index in [-0.39, 0.29) is 0 Å². The first-order chi connectivity index (χ1) is 8.02. The fourth-order valence-corrected chi connectivity index (χ4v) is 1.74. The minimum absolute atomic E-state index is 0.327. The van der Waals surface area contributed by atoms with Crippen LogP contribution in [0.25, 0.3) is 0 Å². The van der Waals surface area contributed by atoms with E-state index in [0.29, 0.717) is 12.8 Å². The molecular formula is C8H14N4O5. The smallest absolute Gasteiger partial charge is 0.248 e. The minimum atomic E-state index is -1.46. The van der Waals surface area contributed by atoms with Gasteiger partial charge < -0.3 is 31.9 Å². The summed E-state index contributed by atoms with van der Waals surface area (Å²) in [6.45, 7) is 0. The van der Waals surface area contributed by atoms with E-state index in [4.69, 9.17) is 16.2 Å². The summed E-state index contributed by atoms with van der Waals surface area (Å²) in [5.41, 5.74) is 10.7. The van der Waals surface area contributed by atoms with Crippen molar-refractivity contribution in [2.75, 3.05) is 0 Å². The Morgan fingerprint density at radius 2 is 1.76 bits per heavy atom. The Morgan fingerprint density at radius 3 is 2.24 bits per heavy atom. The normalized spacial score (nSPS) is 36.9. The largest absolute Gasteiger partial charge is 0.367 e. The lowest BCUT2D eigenvalue weighted by Gasteiger charge is -2.42. The van der Waals surface area contributed by atoms with E-state index in [1.54, 1.807) is 0 Å². The molecule has 1 aliphatic rings. The zero-order valence-electron chi connectivity index (χ0n) is 8.78. The van der Waals surface area contributed by atoms with Crippen molar-refractivity contribution in [3.63, 3.8) is 0 Å². The van der Waals surface area contributed by atoms with Crippen LogP contribution < -0.4 is 22.1 Å². The lowest BCUT2D eigenvalue weighted by Crippen LogP contribution is -2.71. The summed E-state index contributed by atoms with van der Waals surface area (Å²) in [4.78, 5) is 32.0. The summed E-state index contributed by atoms with van der Waals surface area (Å²) in [7, 11) is 0. The third-order valence-corrected chi connectivity index (χ3v) is 2.54. The highest BCUT2D eigenvalue weighted by molar-refractivity contribution is 5.80. The number of amides is 3. The van der Waals surface area contributed by atoms with Gasteiger partial charge in [-0.3, -0.25) is 14.4 Å². The van der Waals surface area contributed by atoms with E-state index in [2.05, 4.69) is 10.6 Å². The maximum absolute atomic E-state index is 11.1. The minimum Gasteiger partial charge on any atom is -0.367 e. The molecule has 0 aliphatic carbocycles. The van der Waals surface area contributed by atoms with Crippen molar-refractivity contribution in [2.24, 2.45) is 11.5 Å². The predicted molar refractivity (Wildman–Crippen MR) is 54.0 cm³/mol. The second-order valence-electron chi connectivity index (χ2n) is 3.55. The lowest BCUT2D eigenvalue weighted by atomic mass is 9.92. The first kappa shape index (κ1) is 13.4. The van der Waals surface area contributed by atoms with Crippen LogP contribution in [0, 0.1) is 0 Å². The van der Waals surface area contributed by atoms with Crippen molar-refractivity contribution < 1.29 is 24.2 Å². The second-order valence-corrected chi connectivity index (χ2v) is 3.55. The van der Waals surface area contributed by atoms with Gasteiger partial charge in [-0.25, -0.2) is 0 Å². The van der Waals surface area contributed by atoms with E-state index in [0.717, 1.165) is 0 Å². The first-order valence-electron chi connectivity index (χ1n) is 4.80. The first-order valence-corrected chi connectivity index (χ1v) is 4.80. The zero-order chi connectivity index (χ0) is 13.0. The van der Waals surface area contributed by atoms with Crippen LogP contribution in [0.3, 0.4) is 0 Å². The number of aliphatic hydroxyl groups excluding tert-OH is 1. The van der Waals surface area contributed by atoms with Gasteiger partial charge in [-0.05, 0) is 0 Å². The van der Waals surface area contributed by atoms with Crippen LogP contribution in [0.1, 0.15) is 0 Å². The molecule has 3 amide bonds. The number of hydrogen-bond acceptors (Lipinski definition) is 6. The molecule has 0 aromatic carbocycles. The molecule has 1 rings (SSSR count). The Labute approximate surface area is 96.5 Å². The second kappa shape index (κ2) is 5.57. The van der Waals surface area contributed by atoms with Gasteiger partial charge in [-0.15, -0.1) is 0 Å². The van der Waals surface area contributed by atoms with E-state index in [1.807, 2.05) is 0 Å². The number of aliphatic hydroxyl groups is 1. The molecule has 17 heavy (non-hydrogen) atoms. The van der Waals surface area contributed by atoms with Crippen LogP contribution >= 0.6 is 0 Å². The summed E-state index contributed by atoms with van der Waals surface area (Å²) in [6, 6.07) is -2.79. The quantitative estimate of drug-likeness (QED) is 0.309. The molecule has 0 radical (unpaired) electrons. The van der Waals surface area contributed by atoms with E-state index >= 15 is 0 Å². The molecule has 0 bridgehead atoms. The summed E-state index contributed by atoms with van der Waals surface area (Å²) < 4.78 is 4.88. The van der Waals surface area contributed by atoms with Crippen molar-refractivity contribution in [1.29, 1.82) is 0 Å². The molecule has 9 nitrogen and oxygen atoms in total. The van der Waals surface area contributed by atoms with Crippen molar-refractivity contribution in [1.82, 2.24) is 10.6 Å². The third-order valence-electron chi connectivity index (χ3n) is 2.54. The molecule has 5 atom stereocenters. The number of ether oxygens (including phenoxy) is 1. The van der Waals surface area contributed by atoms with E-state index in [9.17, 15) is 19.5 Å². The maximum atomic E-state index is 11.1. The van der Waals surface area contributed by atoms with Gasteiger partial charge in [0.05, 0.1) is 18.1 Å². The fourth-order valence-electron chi connectivity index (χ4n) is 1.74. The van der Waals surface area contributed by atoms with Crippen LogP contribution in [-0.2, 0) is 19.1 Å². The molecule has 0 aromatic heterocycles. The van der Waals surface area contributed by atoms with Crippen LogP contribution in [0.4, 0.5) is 0 Å². The SMILES string of the molecule is NC(=O)[C@@H]1O[C@@H](O)[C@@H](N)[C@H](NC=O)[C@@H]1NC=O. The summed E-state index contributed by atoms with van der Waals surface area (Å²) >= 11 is 0. The van der Waals surface area contributed by atoms with Crippen molar-refractivity contribution in [3.05, 3.63) is 0 Å². The van der Waals surface area contributed by atoms with Crippen LogP contribution in [-0.4, -0.2) is 54.4 Å². The lowest BCUT2D eigenvalue weighted by molar-refractivity contribution is -0.193. The Hall–Kier alpha value is -1.71. The Morgan fingerprint density at radius 1 is 1.24 bits per heavy atom. The van der Waals surface area contributed by atoms with Gasteiger partial charge >= 0.3 is 0 Å². The molecular weight excluding hydrogens is 232 g/mol. The average molecular weight is 246 g/mol. The number of primary amides is 1. The Balaban J connectivity index is 2.96. The van der Waals surface area contributed by atoms with Crippen molar-refractivity contribution in [2.45, 2.75) is 30.5 Å². The highest BCUT2D eigenvalue weighted by Gasteiger charge is 2.45. The highest BCUT2D eigenvalue weighted by atomic mass is 16.6. The molecule has 0 spiro atoms. The van der Waals surface area contributed by atoms with E-state index < -0.39 is 36.4 Å². The molecule has 0 unspecified atom stereocenters. The number of nitrogens with one attached hydrogen (secondary N) is 2. The maximum Gasteiger partial charge on any atom is 0.248 e. The monoisotopic (exact) mass is 246 g/mol. The molecule has 96 valence electrons. The summed E-state index contributed by atoms with van der Waals surface area (Å²) in [6.07, 6.45) is -2.06. The van der Waals surface area contributed by atoms with Gasteiger partial charge in [0.15, 0.2) is 12.4 Å². The highest BCUT2D eigenvalue weighted by Crippen LogP contribution is 2.18. The number of carbonyl (C=O) groups is 3. The molecule has 7 N–H and O–H groups in total. The predicted octanol–water partition coefficient (Wildman–Crippen LogP) is -4.25. The molecule has 0 saturated carbocycles. The van der Waals surface area contributed by atoms with Crippen LogP contribution in [0.5, 0.6) is 0 Å². The zero-order valence-corrected chi connectivity index (χ0v) is 8.78. The van der Waals surface area contributed by atoms with Gasteiger partial charge in [0.25, 0.3) is 0 Å². The van der Waals surface area contributed by atoms with Crippen molar-refractivity contribution >= 4 is 18.7 Å². The molecule has 1 fully saturated rings. The standard InChI is InChI=1S/C8H14N4O5/c9-3-4(11-1-13)5(12-2-14)6(7(10)15)17-8(3)16/h1-6,8,16H,9H2,(H2,10,15)(H,11,13)(H,12,14)/t3-,4-,5-,6+,8+/m0/s1. The third kappa shape index (κ3) is 2.70. The fraction of sp³-hybridized carbons (Fsp3) is 0.625. The number of rotatable bonds is 5. The van der Waals surface area contributed by atoms with Crippen molar-refractivity contribution in [3.8, 4) is 0 Å². The average Bonchev–Trinajstić information content (AvgIpc) is 2.28. The van der Waals surface area contributed by atoms with Gasteiger partial charge in [0, 0.05) is 0 Å². The summed E-state index contributed by atoms with van der Waals surface area (Å²) in [5.74, 6) is -0.881. The molecule has 1 saturated heterocycles. The molecule has 0 aromatic rings. The van der Waals surface area contributed by atoms with Gasteiger partial charge in [-0.2, -0.15) is 0 Å². The van der Waals surface area contributed by atoms with Crippen LogP contribution in [0.15, 0.2) is 0 Å². The summed E-state index contributed by atoms with van der Waals surface area (Å²) in [5, 5.41) is 14.0. The Kier molecular flexibility index (Phi) is 4.37. The van der Waals surface area contributed by atoms with Crippen LogP contribution in [0.2, 0.25) is 0 Å². The number of hydrogen-bond donors (Lipinski definition) is 5. The number of carbonyl (C=O) groups excluding carboxylic acids is 3. The van der Waals surface area contributed by atoms with Gasteiger partial charge in [0.1, 0.15) is 0 Å². The van der Waals surface area contributed by atoms with Gasteiger partial charge in [-0.1, -0.05) is 0 Å². The topological polar surface area (TPSA) is 157 Å². The molecule has 1 aliphatic heterocycles.